The van der Waals surface area contributed by atoms with E-state index in [9.17, 15) is 4.39 Å². The molecule has 100 valence electrons. The Morgan fingerprint density at radius 1 is 1.39 bits per heavy atom. The van der Waals surface area contributed by atoms with Crippen molar-refractivity contribution in [1.29, 1.82) is 0 Å². The molecule has 1 aliphatic carbocycles. The van der Waals surface area contributed by atoms with E-state index < -0.39 is 0 Å². The Balaban J connectivity index is 1.90. The molecule has 1 fully saturated rings. The zero-order valence-corrected chi connectivity index (χ0v) is 11.3. The zero-order valence-electron chi connectivity index (χ0n) is 11.3. The summed E-state index contributed by atoms with van der Waals surface area (Å²) < 4.78 is 13.2. The molecule has 18 heavy (non-hydrogen) atoms. The summed E-state index contributed by atoms with van der Waals surface area (Å²) in [6, 6.07) is 7.54. The van der Waals surface area contributed by atoms with Crippen LogP contribution >= 0.6 is 0 Å². The summed E-state index contributed by atoms with van der Waals surface area (Å²) in [7, 11) is 0. The molecular formula is C16H24FN. The van der Waals surface area contributed by atoms with E-state index in [1.54, 1.807) is 6.07 Å². The number of halogens is 1. The van der Waals surface area contributed by atoms with Gasteiger partial charge in [-0.3, -0.25) is 0 Å². The lowest BCUT2D eigenvalue weighted by Crippen LogP contribution is -2.35. The predicted octanol–water partition coefficient (Wildman–Crippen LogP) is 3.93. The highest BCUT2D eigenvalue weighted by Gasteiger charge is 2.21. The summed E-state index contributed by atoms with van der Waals surface area (Å²) in [5, 5.41) is 3.61. The van der Waals surface area contributed by atoms with Gasteiger partial charge in [0.25, 0.3) is 0 Å². The SMILES string of the molecule is CCCNC(Cc1cccc(F)c1)CC1CCC1. The maximum absolute atomic E-state index is 13.2. The van der Waals surface area contributed by atoms with Crippen molar-refractivity contribution in [2.45, 2.75) is 51.5 Å². The van der Waals surface area contributed by atoms with Gasteiger partial charge in [0.15, 0.2) is 0 Å². The second-order valence-corrected chi connectivity index (χ2v) is 5.52. The van der Waals surface area contributed by atoms with Crippen molar-refractivity contribution in [2.24, 2.45) is 5.92 Å². The van der Waals surface area contributed by atoms with Gasteiger partial charge in [0.05, 0.1) is 0 Å². The fourth-order valence-corrected chi connectivity index (χ4v) is 2.67. The van der Waals surface area contributed by atoms with Crippen LogP contribution in [0.2, 0.25) is 0 Å². The first-order valence-corrected chi connectivity index (χ1v) is 7.25. The highest BCUT2D eigenvalue weighted by Crippen LogP contribution is 2.31. The first-order chi connectivity index (χ1) is 8.78. The Hall–Kier alpha value is -0.890. The van der Waals surface area contributed by atoms with Crippen LogP contribution in [0.4, 0.5) is 4.39 Å². The molecule has 1 aliphatic rings. The Morgan fingerprint density at radius 3 is 2.83 bits per heavy atom. The van der Waals surface area contributed by atoms with Crippen LogP contribution in [0.3, 0.4) is 0 Å². The van der Waals surface area contributed by atoms with E-state index in [2.05, 4.69) is 12.2 Å². The molecule has 0 spiro atoms. The monoisotopic (exact) mass is 249 g/mol. The van der Waals surface area contributed by atoms with Gasteiger partial charge in [-0.25, -0.2) is 4.39 Å². The standard InChI is InChI=1S/C16H24FN/c1-2-9-18-16(11-13-5-3-6-13)12-14-7-4-8-15(17)10-14/h4,7-8,10,13,16,18H,2-3,5-6,9,11-12H2,1H3. The predicted molar refractivity (Wildman–Crippen MR) is 74.1 cm³/mol. The van der Waals surface area contributed by atoms with Crippen LogP contribution in [0.1, 0.15) is 44.6 Å². The fraction of sp³-hybridized carbons (Fsp3) is 0.625. The van der Waals surface area contributed by atoms with Crippen molar-refractivity contribution in [3.63, 3.8) is 0 Å². The van der Waals surface area contributed by atoms with Crippen LogP contribution in [-0.2, 0) is 6.42 Å². The molecule has 0 aromatic heterocycles. The average Bonchev–Trinajstić information content (AvgIpc) is 2.30. The molecule has 1 aromatic rings. The molecule has 1 N–H and O–H groups in total. The van der Waals surface area contributed by atoms with Crippen LogP contribution in [0, 0.1) is 11.7 Å². The van der Waals surface area contributed by atoms with E-state index in [-0.39, 0.29) is 5.82 Å². The Labute approximate surface area is 110 Å². The van der Waals surface area contributed by atoms with Gasteiger partial charge in [-0.1, -0.05) is 38.3 Å². The molecule has 1 unspecified atom stereocenters. The fourth-order valence-electron chi connectivity index (χ4n) is 2.67. The summed E-state index contributed by atoms with van der Waals surface area (Å²) in [4.78, 5) is 0. The Bertz CT molecular complexity index is 360. The zero-order chi connectivity index (χ0) is 12.8. The minimum Gasteiger partial charge on any atom is -0.314 e. The second-order valence-electron chi connectivity index (χ2n) is 5.52. The molecule has 2 rings (SSSR count). The molecule has 1 aromatic carbocycles. The lowest BCUT2D eigenvalue weighted by molar-refractivity contribution is 0.259. The molecule has 0 aliphatic heterocycles. The van der Waals surface area contributed by atoms with Gasteiger partial charge in [0.2, 0.25) is 0 Å². The molecule has 1 atom stereocenters. The van der Waals surface area contributed by atoms with Gasteiger partial charge in [-0.15, -0.1) is 0 Å². The summed E-state index contributed by atoms with van der Waals surface area (Å²) in [5.74, 6) is 0.776. The molecule has 0 heterocycles. The minimum absolute atomic E-state index is 0.120. The summed E-state index contributed by atoms with van der Waals surface area (Å²) >= 11 is 0. The summed E-state index contributed by atoms with van der Waals surface area (Å²) in [6.07, 6.45) is 7.52. The third kappa shape index (κ3) is 4.09. The van der Waals surface area contributed by atoms with Crippen molar-refractivity contribution >= 4 is 0 Å². The molecule has 0 bridgehead atoms. The van der Waals surface area contributed by atoms with E-state index in [0.717, 1.165) is 30.9 Å². The number of hydrogen-bond donors (Lipinski definition) is 1. The Kier molecular flexibility index (Phi) is 5.18. The van der Waals surface area contributed by atoms with Crippen molar-refractivity contribution < 1.29 is 4.39 Å². The van der Waals surface area contributed by atoms with Crippen molar-refractivity contribution in [3.8, 4) is 0 Å². The van der Waals surface area contributed by atoms with Crippen LogP contribution in [0.25, 0.3) is 0 Å². The highest BCUT2D eigenvalue weighted by atomic mass is 19.1. The topological polar surface area (TPSA) is 12.0 Å². The summed E-state index contributed by atoms with van der Waals surface area (Å²) in [6.45, 7) is 3.25. The van der Waals surface area contributed by atoms with E-state index in [1.165, 1.54) is 31.7 Å². The number of hydrogen-bond acceptors (Lipinski definition) is 1. The van der Waals surface area contributed by atoms with Crippen LogP contribution < -0.4 is 5.32 Å². The number of rotatable bonds is 7. The first-order valence-electron chi connectivity index (χ1n) is 7.25. The second kappa shape index (κ2) is 6.89. The Morgan fingerprint density at radius 2 is 2.22 bits per heavy atom. The number of benzene rings is 1. The maximum atomic E-state index is 13.2. The third-order valence-corrected chi connectivity index (χ3v) is 3.90. The van der Waals surface area contributed by atoms with Crippen molar-refractivity contribution in [3.05, 3.63) is 35.6 Å². The largest absolute Gasteiger partial charge is 0.314 e. The molecule has 2 heteroatoms. The van der Waals surface area contributed by atoms with E-state index in [4.69, 9.17) is 0 Å². The normalized spacial score (nSPS) is 17.4. The minimum atomic E-state index is -0.120. The van der Waals surface area contributed by atoms with Gasteiger partial charge < -0.3 is 5.32 Å². The molecule has 0 radical (unpaired) electrons. The van der Waals surface area contributed by atoms with Crippen LogP contribution in [0.5, 0.6) is 0 Å². The van der Waals surface area contributed by atoms with Gasteiger partial charge in [0, 0.05) is 6.04 Å². The van der Waals surface area contributed by atoms with Gasteiger partial charge in [0.1, 0.15) is 5.82 Å². The van der Waals surface area contributed by atoms with Crippen LogP contribution in [0.15, 0.2) is 24.3 Å². The van der Waals surface area contributed by atoms with Gasteiger partial charge in [-0.05, 0) is 49.4 Å². The van der Waals surface area contributed by atoms with Gasteiger partial charge >= 0.3 is 0 Å². The molecule has 0 amide bonds. The molecule has 1 nitrogen and oxygen atoms in total. The molecule has 0 saturated heterocycles. The lowest BCUT2D eigenvalue weighted by Gasteiger charge is -2.30. The van der Waals surface area contributed by atoms with E-state index in [1.807, 2.05) is 12.1 Å². The third-order valence-electron chi connectivity index (χ3n) is 3.90. The molecule has 1 saturated carbocycles. The van der Waals surface area contributed by atoms with Crippen molar-refractivity contribution in [2.75, 3.05) is 6.54 Å². The van der Waals surface area contributed by atoms with Crippen LogP contribution in [-0.4, -0.2) is 12.6 Å². The average molecular weight is 249 g/mol. The first kappa shape index (κ1) is 13.5. The maximum Gasteiger partial charge on any atom is 0.123 e. The summed E-state index contributed by atoms with van der Waals surface area (Å²) in [5.41, 5.74) is 1.11. The van der Waals surface area contributed by atoms with Gasteiger partial charge in [-0.2, -0.15) is 0 Å². The lowest BCUT2D eigenvalue weighted by atomic mass is 9.80. The number of nitrogens with one attached hydrogen (secondary N) is 1. The molecular weight excluding hydrogens is 225 g/mol. The van der Waals surface area contributed by atoms with E-state index in [0.29, 0.717) is 6.04 Å². The van der Waals surface area contributed by atoms with E-state index >= 15 is 0 Å². The van der Waals surface area contributed by atoms with Crippen molar-refractivity contribution in [1.82, 2.24) is 5.32 Å². The smallest absolute Gasteiger partial charge is 0.123 e. The quantitative estimate of drug-likeness (QED) is 0.772. The highest BCUT2D eigenvalue weighted by molar-refractivity contribution is 5.17.